The number of hydrogen-bond donors (Lipinski definition) is 2. The first-order chi connectivity index (χ1) is 17.0. The Morgan fingerprint density at radius 2 is 2.23 bits per heavy atom. The first-order valence-corrected chi connectivity index (χ1v) is 11.4. The molecule has 184 valence electrons. The van der Waals surface area contributed by atoms with Crippen molar-refractivity contribution in [1.29, 1.82) is 0 Å². The van der Waals surface area contributed by atoms with Crippen LogP contribution in [0.15, 0.2) is 39.3 Å². The van der Waals surface area contributed by atoms with Gasteiger partial charge in [-0.1, -0.05) is 0 Å². The van der Waals surface area contributed by atoms with Gasteiger partial charge in [-0.15, -0.1) is 0 Å². The van der Waals surface area contributed by atoms with Crippen LogP contribution in [0.5, 0.6) is 0 Å². The molecule has 0 atom stereocenters. The second-order valence-corrected chi connectivity index (χ2v) is 7.93. The average Bonchev–Trinajstić information content (AvgIpc) is 3.59. The molecule has 0 aromatic carbocycles. The topological polar surface area (TPSA) is 136 Å². The molecule has 0 unspecified atom stereocenters. The zero-order chi connectivity index (χ0) is 24.8. The lowest BCUT2D eigenvalue weighted by molar-refractivity contribution is 0.0259. The van der Waals surface area contributed by atoms with E-state index in [-0.39, 0.29) is 29.3 Å². The third-order valence-corrected chi connectivity index (χ3v) is 5.68. The SMILES string of the molecule is C=N/C=C(\N=C/C)c1nn([C@H]2CC[C@H](OCC)CC2)cc1NC(=O)c1coc(-c2cn[nH]c2F)n1. The average molecular weight is 483 g/mol. The van der Waals surface area contributed by atoms with E-state index in [1.807, 2.05) is 11.6 Å². The molecule has 11 nitrogen and oxygen atoms in total. The molecule has 1 aliphatic carbocycles. The maximum atomic E-state index is 13.8. The molecule has 1 fully saturated rings. The Balaban J connectivity index is 1.60. The molecule has 0 radical (unpaired) electrons. The summed E-state index contributed by atoms with van der Waals surface area (Å²) >= 11 is 0. The fraction of sp³-hybridized carbons (Fsp3) is 0.391. The first kappa shape index (κ1) is 24.2. The number of hydrogen-bond acceptors (Lipinski definition) is 8. The second-order valence-electron chi connectivity index (χ2n) is 7.93. The molecule has 0 aliphatic heterocycles. The van der Waals surface area contributed by atoms with Crippen molar-refractivity contribution in [3.63, 3.8) is 0 Å². The van der Waals surface area contributed by atoms with Crippen molar-refractivity contribution in [3.8, 4) is 11.5 Å². The predicted octanol–water partition coefficient (Wildman–Crippen LogP) is 4.26. The highest BCUT2D eigenvalue weighted by Crippen LogP contribution is 2.33. The monoisotopic (exact) mass is 482 g/mol. The van der Waals surface area contributed by atoms with Gasteiger partial charge >= 0.3 is 0 Å². The largest absolute Gasteiger partial charge is 0.443 e. The lowest BCUT2D eigenvalue weighted by Gasteiger charge is -2.28. The van der Waals surface area contributed by atoms with Crippen molar-refractivity contribution >= 4 is 30.2 Å². The molecule has 1 saturated carbocycles. The number of aliphatic imine (C=N–C) groups is 2. The van der Waals surface area contributed by atoms with Crippen LogP contribution >= 0.6 is 0 Å². The molecule has 4 rings (SSSR count). The highest BCUT2D eigenvalue weighted by molar-refractivity contribution is 6.04. The number of rotatable bonds is 9. The molecule has 1 aliphatic rings. The summed E-state index contributed by atoms with van der Waals surface area (Å²) in [6.07, 6.45) is 11.2. The number of carbonyl (C=O) groups is 1. The number of oxazole rings is 1. The van der Waals surface area contributed by atoms with Crippen LogP contribution in [0.1, 0.15) is 61.8 Å². The van der Waals surface area contributed by atoms with Gasteiger partial charge in [0.25, 0.3) is 5.91 Å². The van der Waals surface area contributed by atoms with Crippen LogP contribution < -0.4 is 5.32 Å². The maximum Gasteiger partial charge on any atom is 0.277 e. The number of carbonyl (C=O) groups excluding carboxylic acids is 1. The van der Waals surface area contributed by atoms with Crippen molar-refractivity contribution in [1.82, 2.24) is 25.0 Å². The van der Waals surface area contributed by atoms with Crippen LogP contribution in [-0.4, -0.2) is 56.5 Å². The molecule has 35 heavy (non-hydrogen) atoms. The summed E-state index contributed by atoms with van der Waals surface area (Å²) in [5.74, 6) is -1.31. The Morgan fingerprint density at radius 1 is 1.43 bits per heavy atom. The summed E-state index contributed by atoms with van der Waals surface area (Å²) in [5.41, 5.74) is 1.32. The Morgan fingerprint density at radius 3 is 2.89 bits per heavy atom. The van der Waals surface area contributed by atoms with Crippen LogP contribution in [-0.2, 0) is 4.74 Å². The lowest BCUT2D eigenvalue weighted by atomic mass is 9.93. The molecule has 0 saturated heterocycles. The standard InChI is InChI=1S/C23H27FN8O3/c1-4-26-17(11-25-3)20-18(12-32(31-20)14-6-8-15(9-7-14)34-5-2)28-22(33)19-13-35-23(29-19)16-10-27-30-21(16)24/h4,10-15H,3,5-9H2,1-2H3,(H,27,30)(H,28,33)/b17-11-,26-4-/t14-,15-. The van der Waals surface area contributed by atoms with Crippen molar-refractivity contribution in [2.75, 3.05) is 11.9 Å². The van der Waals surface area contributed by atoms with E-state index in [0.717, 1.165) is 31.9 Å². The molecule has 2 N–H and O–H groups in total. The number of ether oxygens (including phenoxy) is 1. The molecule has 12 heteroatoms. The van der Waals surface area contributed by atoms with Gasteiger partial charge in [0.1, 0.15) is 23.2 Å². The van der Waals surface area contributed by atoms with Crippen LogP contribution in [0.4, 0.5) is 10.1 Å². The van der Waals surface area contributed by atoms with Crippen LogP contribution in [0.25, 0.3) is 17.2 Å². The highest BCUT2D eigenvalue weighted by Gasteiger charge is 2.26. The van der Waals surface area contributed by atoms with Gasteiger partial charge < -0.3 is 14.5 Å². The Labute approximate surface area is 201 Å². The number of amides is 1. The van der Waals surface area contributed by atoms with E-state index < -0.39 is 11.9 Å². The van der Waals surface area contributed by atoms with Gasteiger partial charge in [-0.2, -0.15) is 14.6 Å². The van der Waals surface area contributed by atoms with Gasteiger partial charge in [-0.25, -0.2) is 4.98 Å². The van der Waals surface area contributed by atoms with E-state index in [2.05, 4.69) is 37.2 Å². The van der Waals surface area contributed by atoms with E-state index in [4.69, 9.17) is 14.3 Å². The zero-order valence-electron chi connectivity index (χ0n) is 19.6. The van der Waals surface area contributed by atoms with Gasteiger partial charge in [0.2, 0.25) is 11.8 Å². The minimum atomic E-state index is -0.703. The van der Waals surface area contributed by atoms with E-state index in [1.54, 1.807) is 19.3 Å². The number of halogens is 1. The number of nitrogens with zero attached hydrogens (tertiary/aromatic N) is 6. The molecule has 3 aromatic rings. The molecule has 0 spiro atoms. The summed E-state index contributed by atoms with van der Waals surface area (Å²) in [6.45, 7) is 7.98. The quantitative estimate of drug-likeness (QED) is 0.437. The van der Waals surface area contributed by atoms with Crippen molar-refractivity contribution in [2.24, 2.45) is 9.98 Å². The van der Waals surface area contributed by atoms with E-state index in [9.17, 15) is 9.18 Å². The highest BCUT2D eigenvalue weighted by atomic mass is 19.1. The number of H-pyrrole nitrogens is 1. The maximum absolute atomic E-state index is 13.8. The van der Waals surface area contributed by atoms with Gasteiger partial charge in [-0.3, -0.25) is 24.6 Å². The number of anilines is 1. The van der Waals surface area contributed by atoms with E-state index in [0.29, 0.717) is 23.7 Å². The summed E-state index contributed by atoms with van der Waals surface area (Å²) in [5, 5.41) is 13.3. The van der Waals surface area contributed by atoms with Crippen LogP contribution in [0.3, 0.4) is 0 Å². The summed E-state index contributed by atoms with van der Waals surface area (Å²) in [7, 11) is 0. The number of aromatic amines is 1. The van der Waals surface area contributed by atoms with Gasteiger partial charge in [-0.05, 0) is 46.2 Å². The normalized spacial score (nSPS) is 18.8. The van der Waals surface area contributed by atoms with Gasteiger partial charge in [0, 0.05) is 19.0 Å². The first-order valence-electron chi connectivity index (χ1n) is 11.4. The predicted molar refractivity (Wildman–Crippen MR) is 129 cm³/mol. The molecule has 1 amide bonds. The van der Waals surface area contributed by atoms with Gasteiger partial charge in [0.05, 0.1) is 30.2 Å². The molecular weight excluding hydrogens is 455 g/mol. The Hall–Kier alpha value is -3.93. The fourth-order valence-electron chi connectivity index (χ4n) is 4.06. The summed E-state index contributed by atoms with van der Waals surface area (Å²) < 4.78 is 26.6. The second kappa shape index (κ2) is 11.0. The molecule has 3 aromatic heterocycles. The van der Waals surface area contributed by atoms with Gasteiger partial charge in [0.15, 0.2) is 5.69 Å². The smallest absolute Gasteiger partial charge is 0.277 e. The number of aromatic nitrogens is 5. The van der Waals surface area contributed by atoms with Crippen LogP contribution in [0, 0.1) is 5.95 Å². The van der Waals surface area contributed by atoms with Crippen LogP contribution in [0.2, 0.25) is 0 Å². The van der Waals surface area contributed by atoms with E-state index in [1.165, 1.54) is 12.4 Å². The minimum absolute atomic E-state index is 0.0251. The summed E-state index contributed by atoms with van der Waals surface area (Å²) in [6, 6.07) is 0.155. The molecule has 3 heterocycles. The number of nitrogens with one attached hydrogen (secondary N) is 2. The van der Waals surface area contributed by atoms with Crippen molar-refractivity contribution in [3.05, 3.63) is 42.2 Å². The third-order valence-electron chi connectivity index (χ3n) is 5.68. The Kier molecular flexibility index (Phi) is 7.60. The fourth-order valence-corrected chi connectivity index (χ4v) is 4.06. The van der Waals surface area contributed by atoms with Crippen molar-refractivity contribution in [2.45, 2.75) is 51.7 Å². The minimum Gasteiger partial charge on any atom is -0.443 e. The Bertz CT molecular complexity index is 1230. The lowest BCUT2D eigenvalue weighted by Crippen LogP contribution is -2.24. The molecular formula is C23H27FN8O3. The third kappa shape index (κ3) is 5.43. The van der Waals surface area contributed by atoms with E-state index >= 15 is 0 Å². The zero-order valence-corrected chi connectivity index (χ0v) is 19.6. The summed E-state index contributed by atoms with van der Waals surface area (Å²) in [4.78, 5) is 25.2. The molecule has 0 bridgehead atoms. The van der Waals surface area contributed by atoms with Crippen molar-refractivity contribution < 1.29 is 18.3 Å².